The monoisotopic (exact) mass is 270 g/mol. The number of hydrogen-bond acceptors (Lipinski definition) is 4. The Morgan fingerprint density at radius 2 is 1.79 bits per heavy atom. The molecular weight excluding hydrogens is 244 g/mol. The maximum absolute atomic E-state index is 11.2. The van der Waals surface area contributed by atoms with E-state index >= 15 is 0 Å². The van der Waals surface area contributed by atoms with E-state index in [1.807, 2.05) is 0 Å². The highest BCUT2D eigenvalue weighted by Crippen LogP contribution is 2.18. The number of ether oxygens (including phenoxy) is 2. The molecule has 0 spiro atoms. The molecule has 4 nitrogen and oxygen atoms in total. The smallest absolute Gasteiger partial charge is 0.417 e. The van der Waals surface area contributed by atoms with Gasteiger partial charge >= 0.3 is 11.9 Å². The summed E-state index contributed by atoms with van der Waals surface area (Å²) < 4.78 is 9.39. The van der Waals surface area contributed by atoms with Crippen LogP contribution >= 0.6 is 0 Å². The molecule has 0 amide bonds. The van der Waals surface area contributed by atoms with Gasteiger partial charge in [-0.05, 0) is 38.5 Å². The van der Waals surface area contributed by atoms with E-state index in [0.717, 1.165) is 19.3 Å². The van der Waals surface area contributed by atoms with Crippen molar-refractivity contribution in [3.05, 3.63) is 12.2 Å². The number of carbonyl (C=O) groups excluding carboxylic acids is 2. The standard InChI is InChI=1S/C15H26O4/c1-5-7-8-12(3)11-13(4)9-10-19-15(17)14(16)18-6-2/h13H,3,5-11H2,1-2,4H3. The van der Waals surface area contributed by atoms with E-state index in [4.69, 9.17) is 4.74 Å². The summed E-state index contributed by atoms with van der Waals surface area (Å²) in [7, 11) is 0. The SMILES string of the molecule is C=C(CCCC)CC(C)CCOC(=O)C(=O)OCC. The molecular formula is C15H26O4. The van der Waals surface area contributed by atoms with Crippen molar-refractivity contribution in [1.29, 1.82) is 0 Å². The molecule has 0 bridgehead atoms. The highest BCUT2D eigenvalue weighted by Gasteiger charge is 2.16. The minimum atomic E-state index is -0.914. The number of allylic oxidation sites excluding steroid dienone is 1. The van der Waals surface area contributed by atoms with Crippen molar-refractivity contribution in [2.24, 2.45) is 5.92 Å². The Kier molecular flexibility index (Phi) is 9.85. The van der Waals surface area contributed by atoms with Gasteiger partial charge in [0.25, 0.3) is 0 Å². The van der Waals surface area contributed by atoms with Crippen LogP contribution in [0.5, 0.6) is 0 Å². The van der Waals surface area contributed by atoms with Crippen LogP contribution in [-0.2, 0) is 19.1 Å². The van der Waals surface area contributed by atoms with E-state index in [-0.39, 0.29) is 13.2 Å². The van der Waals surface area contributed by atoms with Crippen molar-refractivity contribution in [3.8, 4) is 0 Å². The Labute approximate surface area is 116 Å². The molecule has 0 rings (SSSR count). The first-order valence-electron chi connectivity index (χ1n) is 7.01. The zero-order valence-corrected chi connectivity index (χ0v) is 12.4. The molecule has 0 aromatic rings. The predicted molar refractivity (Wildman–Crippen MR) is 74.7 cm³/mol. The summed E-state index contributed by atoms with van der Waals surface area (Å²) in [6.45, 7) is 10.4. The van der Waals surface area contributed by atoms with Crippen molar-refractivity contribution in [2.75, 3.05) is 13.2 Å². The molecule has 0 aliphatic rings. The maximum atomic E-state index is 11.2. The normalized spacial score (nSPS) is 11.7. The molecule has 0 aromatic heterocycles. The minimum absolute atomic E-state index is 0.182. The van der Waals surface area contributed by atoms with Crippen LogP contribution in [0.1, 0.15) is 52.9 Å². The molecule has 0 aromatic carbocycles. The second kappa shape index (κ2) is 10.6. The first-order chi connectivity index (χ1) is 9.01. The largest absolute Gasteiger partial charge is 0.458 e. The second-order valence-electron chi connectivity index (χ2n) is 4.81. The van der Waals surface area contributed by atoms with Gasteiger partial charge in [-0.2, -0.15) is 0 Å². The Hall–Kier alpha value is -1.32. The zero-order chi connectivity index (χ0) is 14.7. The predicted octanol–water partition coefficient (Wildman–Crippen LogP) is 3.26. The fourth-order valence-corrected chi connectivity index (χ4v) is 1.73. The van der Waals surface area contributed by atoms with Gasteiger partial charge in [-0.25, -0.2) is 9.59 Å². The van der Waals surface area contributed by atoms with Crippen LogP contribution in [0.3, 0.4) is 0 Å². The molecule has 0 radical (unpaired) electrons. The van der Waals surface area contributed by atoms with Gasteiger partial charge < -0.3 is 9.47 Å². The average Bonchev–Trinajstić information content (AvgIpc) is 2.36. The van der Waals surface area contributed by atoms with Crippen LogP contribution in [0, 0.1) is 5.92 Å². The molecule has 0 fully saturated rings. The lowest BCUT2D eigenvalue weighted by Crippen LogP contribution is -2.21. The van der Waals surface area contributed by atoms with Gasteiger partial charge in [0.1, 0.15) is 0 Å². The highest BCUT2D eigenvalue weighted by atomic mass is 16.6. The van der Waals surface area contributed by atoms with Crippen molar-refractivity contribution < 1.29 is 19.1 Å². The summed E-state index contributed by atoms with van der Waals surface area (Å²) in [5.41, 5.74) is 1.24. The quantitative estimate of drug-likeness (QED) is 0.366. The van der Waals surface area contributed by atoms with E-state index in [1.165, 1.54) is 18.4 Å². The molecule has 0 heterocycles. The molecule has 0 saturated carbocycles. The van der Waals surface area contributed by atoms with Crippen molar-refractivity contribution in [1.82, 2.24) is 0 Å². The van der Waals surface area contributed by atoms with E-state index < -0.39 is 11.9 Å². The highest BCUT2D eigenvalue weighted by molar-refractivity contribution is 6.29. The molecule has 110 valence electrons. The molecule has 0 saturated heterocycles. The van der Waals surface area contributed by atoms with Gasteiger partial charge in [-0.3, -0.25) is 0 Å². The van der Waals surface area contributed by atoms with Crippen LogP contribution in [0.25, 0.3) is 0 Å². The topological polar surface area (TPSA) is 52.6 Å². The summed E-state index contributed by atoms with van der Waals surface area (Å²) in [6, 6.07) is 0. The van der Waals surface area contributed by atoms with Gasteiger partial charge in [0.15, 0.2) is 0 Å². The molecule has 0 aliphatic heterocycles. The molecule has 1 unspecified atom stereocenters. The van der Waals surface area contributed by atoms with Gasteiger partial charge in [0.2, 0.25) is 0 Å². The third kappa shape index (κ3) is 9.28. The summed E-state index contributed by atoms with van der Waals surface area (Å²) in [5, 5.41) is 0. The molecule has 1 atom stereocenters. The number of unbranched alkanes of at least 4 members (excludes halogenated alkanes) is 1. The molecule has 0 N–H and O–H groups in total. The van der Waals surface area contributed by atoms with Gasteiger partial charge in [0.05, 0.1) is 13.2 Å². The third-order valence-electron chi connectivity index (χ3n) is 2.81. The Morgan fingerprint density at radius 3 is 2.37 bits per heavy atom. The summed E-state index contributed by atoms with van der Waals surface area (Å²) in [6.07, 6.45) is 5.07. The fourth-order valence-electron chi connectivity index (χ4n) is 1.73. The van der Waals surface area contributed by atoms with Crippen molar-refractivity contribution >= 4 is 11.9 Å². The lowest BCUT2D eigenvalue weighted by atomic mass is 9.96. The maximum Gasteiger partial charge on any atom is 0.417 e. The van der Waals surface area contributed by atoms with Crippen LogP contribution < -0.4 is 0 Å². The Balaban J connectivity index is 3.73. The van der Waals surface area contributed by atoms with Crippen molar-refractivity contribution in [3.63, 3.8) is 0 Å². The summed E-state index contributed by atoms with van der Waals surface area (Å²) in [5.74, 6) is -1.42. The van der Waals surface area contributed by atoms with Gasteiger partial charge in [-0.15, -0.1) is 0 Å². The minimum Gasteiger partial charge on any atom is -0.458 e. The molecule has 4 heteroatoms. The fraction of sp³-hybridized carbons (Fsp3) is 0.733. The van der Waals surface area contributed by atoms with E-state index in [2.05, 4.69) is 25.2 Å². The average molecular weight is 270 g/mol. The number of carbonyl (C=O) groups is 2. The van der Waals surface area contributed by atoms with Crippen LogP contribution in [0.2, 0.25) is 0 Å². The lowest BCUT2D eigenvalue weighted by Gasteiger charge is -2.13. The third-order valence-corrected chi connectivity index (χ3v) is 2.81. The van der Waals surface area contributed by atoms with Crippen LogP contribution in [-0.4, -0.2) is 25.2 Å². The van der Waals surface area contributed by atoms with Gasteiger partial charge in [-0.1, -0.05) is 32.4 Å². The second-order valence-corrected chi connectivity index (χ2v) is 4.81. The van der Waals surface area contributed by atoms with E-state index in [9.17, 15) is 9.59 Å². The number of esters is 2. The van der Waals surface area contributed by atoms with E-state index in [1.54, 1.807) is 6.92 Å². The van der Waals surface area contributed by atoms with Gasteiger partial charge in [0, 0.05) is 0 Å². The molecule has 0 aliphatic carbocycles. The lowest BCUT2D eigenvalue weighted by molar-refractivity contribution is -0.167. The number of rotatable bonds is 9. The first-order valence-corrected chi connectivity index (χ1v) is 7.01. The zero-order valence-electron chi connectivity index (χ0n) is 12.4. The summed E-state index contributed by atoms with van der Waals surface area (Å²) in [4.78, 5) is 22.2. The van der Waals surface area contributed by atoms with Crippen LogP contribution in [0.15, 0.2) is 12.2 Å². The number of hydrogen-bond donors (Lipinski definition) is 0. The van der Waals surface area contributed by atoms with E-state index in [0.29, 0.717) is 5.92 Å². The first kappa shape index (κ1) is 17.7. The Morgan fingerprint density at radius 1 is 1.16 bits per heavy atom. The molecule has 19 heavy (non-hydrogen) atoms. The van der Waals surface area contributed by atoms with Crippen molar-refractivity contribution in [2.45, 2.75) is 52.9 Å². The Bertz CT molecular complexity index is 297. The van der Waals surface area contributed by atoms with Crippen LogP contribution in [0.4, 0.5) is 0 Å². The summed E-state index contributed by atoms with van der Waals surface area (Å²) >= 11 is 0.